The van der Waals surface area contributed by atoms with Crippen molar-refractivity contribution < 1.29 is 0 Å². The third-order valence-electron chi connectivity index (χ3n) is 1.38. The Bertz CT molecular complexity index is 81.3. The summed E-state index contributed by atoms with van der Waals surface area (Å²) in [5.41, 5.74) is 0.795. The summed E-state index contributed by atoms with van der Waals surface area (Å²) >= 11 is 0. The Morgan fingerprint density at radius 2 is 2.00 bits per heavy atom. The molecule has 1 radical (unpaired) electrons. The Morgan fingerprint density at radius 1 is 1.40 bits per heavy atom. The molecule has 0 saturated carbocycles. The summed E-state index contributed by atoms with van der Waals surface area (Å²) in [7, 11) is 0. The van der Waals surface area contributed by atoms with Gasteiger partial charge in [0.2, 0.25) is 0 Å². The van der Waals surface area contributed by atoms with Gasteiger partial charge in [-0.2, -0.15) is 0 Å². The molecule has 0 fully saturated rings. The molecule has 0 unspecified atom stereocenters. The second-order valence-electron chi connectivity index (χ2n) is 2.31. The van der Waals surface area contributed by atoms with Gasteiger partial charge in [-0.25, -0.2) is 0 Å². The Labute approximate surface area is 76.3 Å². The van der Waals surface area contributed by atoms with Crippen molar-refractivity contribution in [1.82, 2.24) is 0 Å². The summed E-state index contributed by atoms with van der Waals surface area (Å²) in [6, 6.07) is 0. The van der Waals surface area contributed by atoms with Crippen molar-refractivity contribution in [2.45, 2.75) is 39.0 Å². The van der Waals surface area contributed by atoms with Crippen molar-refractivity contribution in [3.05, 3.63) is 6.92 Å². The second-order valence-corrected chi connectivity index (χ2v) is 2.31. The third kappa shape index (κ3) is 8.27. The van der Waals surface area contributed by atoms with Crippen LogP contribution in [0.15, 0.2) is 0 Å². The minimum absolute atomic E-state index is 0. The molecule has 0 aromatic heterocycles. The summed E-state index contributed by atoms with van der Waals surface area (Å²) in [6.45, 7) is 5.81. The standard InChI is InChI=1S/C8H16N.Li.H/c1-3-5-6-7-8(9)4-2;;/h9H,2-7H2,1H3;;. The summed E-state index contributed by atoms with van der Waals surface area (Å²) in [5, 5.41) is 7.25. The maximum atomic E-state index is 7.25. The number of hydrogen-bond donors (Lipinski definition) is 1. The fourth-order valence-electron chi connectivity index (χ4n) is 0.713. The molecule has 55 valence electrons. The van der Waals surface area contributed by atoms with Gasteiger partial charge in [0.25, 0.3) is 0 Å². The summed E-state index contributed by atoms with van der Waals surface area (Å²) in [5.74, 6) is 0. The molecule has 0 aliphatic heterocycles. The van der Waals surface area contributed by atoms with Gasteiger partial charge in [0, 0.05) is 5.71 Å². The quantitative estimate of drug-likeness (QED) is 0.338. The van der Waals surface area contributed by atoms with Crippen molar-refractivity contribution >= 4 is 24.6 Å². The van der Waals surface area contributed by atoms with Crippen molar-refractivity contribution in [2.24, 2.45) is 0 Å². The molecule has 0 rings (SSSR count). The van der Waals surface area contributed by atoms with Gasteiger partial charge in [0.15, 0.2) is 0 Å². The first-order chi connectivity index (χ1) is 4.31. The van der Waals surface area contributed by atoms with Crippen molar-refractivity contribution in [3.8, 4) is 0 Å². The van der Waals surface area contributed by atoms with Gasteiger partial charge >= 0.3 is 18.9 Å². The topological polar surface area (TPSA) is 23.9 Å². The van der Waals surface area contributed by atoms with Crippen LogP contribution >= 0.6 is 0 Å². The second kappa shape index (κ2) is 9.27. The first-order valence-corrected chi connectivity index (χ1v) is 3.66. The van der Waals surface area contributed by atoms with Crippen molar-refractivity contribution in [1.29, 1.82) is 5.41 Å². The molecule has 1 nitrogen and oxygen atoms in total. The zero-order valence-corrected chi connectivity index (χ0v) is 6.24. The minimum atomic E-state index is 0. The van der Waals surface area contributed by atoms with E-state index in [1.165, 1.54) is 19.3 Å². The van der Waals surface area contributed by atoms with Crippen molar-refractivity contribution in [2.75, 3.05) is 0 Å². The van der Waals surface area contributed by atoms with E-state index in [4.69, 9.17) is 5.41 Å². The van der Waals surface area contributed by atoms with Crippen LogP contribution in [-0.4, -0.2) is 24.6 Å². The van der Waals surface area contributed by atoms with Crippen LogP contribution < -0.4 is 0 Å². The van der Waals surface area contributed by atoms with Crippen LogP contribution in [0.3, 0.4) is 0 Å². The SMILES string of the molecule is [CH2]CC(=N)CCCCC.[LiH]. The van der Waals surface area contributed by atoms with Gasteiger partial charge in [0.05, 0.1) is 0 Å². The van der Waals surface area contributed by atoms with E-state index in [1.54, 1.807) is 0 Å². The van der Waals surface area contributed by atoms with Crippen LogP contribution in [0.25, 0.3) is 0 Å². The average Bonchev–Trinajstić information content (AvgIpc) is 1.89. The van der Waals surface area contributed by atoms with E-state index in [0.717, 1.165) is 12.1 Å². The normalized spacial score (nSPS) is 8.60. The molecule has 0 aliphatic rings. The first-order valence-electron chi connectivity index (χ1n) is 3.66. The fraction of sp³-hybridized carbons (Fsp3) is 0.750. The summed E-state index contributed by atoms with van der Waals surface area (Å²) in [4.78, 5) is 0. The molecule has 0 amide bonds. The third-order valence-corrected chi connectivity index (χ3v) is 1.38. The van der Waals surface area contributed by atoms with Gasteiger partial charge in [-0.15, -0.1) is 0 Å². The van der Waals surface area contributed by atoms with E-state index in [-0.39, 0.29) is 18.9 Å². The van der Waals surface area contributed by atoms with E-state index < -0.39 is 0 Å². The number of nitrogens with one attached hydrogen (secondary N) is 1. The van der Waals surface area contributed by atoms with Crippen LogP contribution in [0.2, 0.25) is 0 Å². The predicted molar refractivity (Wildman–Crippen MR) is 49.0 cm³/mol. The predicted octanol–water partition coefficient (Wildman–Crippen LogP) is 2.16. The molecule has 0 heterocycles. The molecule has 10 heavy (non-hydrogen) atoms. The Balaban J connectivity index is 0. The first kappa shape index (κ1) is 12.9. The molecule has 0 aliphatic carbocycles. The zero-order chi connectivity index (χ0) is 7.11. The Hall–Kier alpha value is 0.267. The van der Waals surface area contributed by atoms with Crippen LogP contribution in [0.4, 0.5) is 0 Å². The van der Waals surface area contributed by atoms with Crippen LogP contribution in [0.1, 0.15) is 39.0 Å². The molecule has 0 saturated heterocycles. The van der Waals surface area contributed by atoms with Gasteiger partial charge in [-0.3, -0.25) is 0 Å². The van der Waals surface area contributed by atoms with E-state index in [0.29, 0.717) is 6.42 Å². The molecule has 0 aromatic rings. The van der Waals surface area contributed by atoms with Crippen LogP contribution in [-0.2, 0) is 0 Å². The number of hydrogen-bond acceptors (Lipinski definition) is 1. The van der Waals surface area contributed by atoms with E-state index >= 15 is 0 Å². The van der Waals surface area contributed by atoms with E-state index in [1.807, 2.05) is 0 Å². The summed E-state index contributed by atoms with van der Waals surface area (Å²) in [6.07, 6.45) is 5.30. The number of rotatable bonds is 5. The van der Waals surface area contributed by atoms with E-state index in [9.17, 15) is 0 Å². The van der Waals surface area contributed by atoms with Crippen LogP contribution in [0, 0.1) is 12.3 Å². The Kier molecular flexibility index (Phi) is 12.0. The molecule has 0 spiro atoms. The van der Waals surface area contributed by atoms with Gasteiger partial charge in [-0.05, 0) is 26.2 Å². The fourth-order valence-corrected chi connectivity index (χ4v) is 0.713. The van der Waals surface area contributed by atoms with Crippen molar-refractivity contribution in [3.63, 3.8) is 0 Å². The zero-order valence-electron chi connectivity index (χ0n) is 6.24. The van der Waals surface area contributed by atoms with Gasteiger partial charge in [0.1, 0.15) is 0 Å². The summed E-state index contributed by atoms with van der Waals surface area (Å²) < 4.78 is 0. The molecular weight excluding hydrogens is 117 g/mol. The van der Waals surface area contributed by atoms with Gasteiger partial charge in [-0.1, -0.05) is 19.8 Å². The maximum absolute atomic E-state index is 7.25. The molecule has 0 atom stereocenters. The van der Waals surface area contributed by atoms with Gasteiger partial charge < -0.3 is 5.41 Å². The average molecular weight is 134 g/mol. The molecular formula is C8H17LiN. The van der Waals surface area contributed by atoms with E-state index in [2.05, 4.69) is 13.8 Å². The molecule has 0 bridgehead atoms. The molecule has 2 heteroatoms. The Morgan fingerprint density at radius 3 is 2.40 bits per heavy atom. The number of unbranched alkanes of at least 4 members (excludes halogenated alkanes) is 2. The van der Waals surface area contributed by atoms with Crippen LogP contribution in [0.5, 0.6) is 0 Å². The molecule has 0 aromatic carbocycles. The molecule has 1 N–H and O–H groups in total. The monoisotopic (exact) mass is 134 g/mol.